The van der Waals surface area contributed by atoms with Crippen LogP contribution in [0.3, 0.4) is 0 Å². The van der Waals surface area contributed by atoms with Gasteiger partial charge in [-0.25, -0.2) is 0 Å². The second-order valence-electron chi connectivity index (χ2n) is 3.48. The van der Waals surface area contributed by atoms with E-state index in [-0.39, 0.29) is 17.9 Å². The maximum Gasteiger partial charge on any atom is 0.148 e. The van der Waals surface area contributed by atoms with E-state index in [2.05, 4.69) is 5.92 Å². The molecule has 0 N–H and O–H groups in total. The third-order valence-electron chi connectivity index (χ3n) is 2.38. The first-order valence-corrected chi connectivity index (χ1v) is 5.03. The summed E-state index contributed by atoms with van der Waals surface area (Å²) in [4.78, 5) is 11.0. The molecule has 2 aromatic rings. The van der Waals surface area contributed by atoms with Crippen LogP contribution in [0.25, 0.3) is 10.8 Å². The number of carboxylic acids is 1. The fourth-order valence-corrected chi connectivity index (χ4v) is 1.62. The Morgan fingerprint density at radius 2 is 1.94 bits per heavy atom. The SMILES string of the molecule is C#CCOc1cc2ccccc2cc1C(=O)[O-]. The predicted molar refractivity (Wildman–Crippen MR) is 62.6 cm³/mol. The van der Waals surface area contributed by atoms with Gasteiger partial charge in [-0.05, 0) is 22.9 Å². The molecule has 2 rings (SSSR count). The zero-order valence-electron chi connectivity index (χ0n) is 8.97. The molecule has 0 aromatic heterocycles. The summed E-state index contributed by atoms with van der Waals surface area (Å²) in [6.07, 6.45) is 5.08. The highest BCUT2D eigenvalue weighted by Crippen LogP contribution is 2.25. The van der Waals surface area contributed by atoms with Crippen LogP contribution in [-0.2, 0) is 0 Å². The van der Waals surface area contributed by atoms with E-state index < -0.39 is 5.97 Å². The molecule has 0 aliphatic heterocycles. The van der Waals surface area contributed by atoms with Crippen molar-refractivity contribution in [1.82, 2.24) is 0 Å². The van der Waals surface area contributed by atoms with Gasteiger partial charge in [-0.15, -0.1) is 6.42 Å². The number of aromatic carboxylic acids is 1. The molecule has 0 aliphatic carbocycles. The summed E-state index contributed by atoms with van der Waals surface area (Å²) in [5.74, 6) is 1.26. The fraction of sp³-hybridized carbons (Fsp3) is 0.0714. The molecule has 0 radical (unpaired) electrons. The fourth-order valence-electron chi connectivity index (χ4n) is 1.62. The van der Waals surface area contributed by atoms with Gasteiger partial charge in [0.15, 0.2) is 0 Å². The van der Waals surface area contributed by atoms with Crippen molar-refractivity contribution < 1.29 is 14.6 Å². The van der Waals surface area contributed by atoms with Crippen molar-refractivity contribution in [2.75, 3.05) is 6.61 Å². The Morgan fingerprint density at radius 1 is 1.29 bits per heavy atom. The van der Waals surface area contributed by atoms with Gasteiger partial charge in [0.1, 0.15) is 12.4 Å². The van der Waals surface area contributed by atoms with Gasteiger partial charge in [0.25, 0.3) is 0 Å². The van der Waals surface area contributed by atoms with E-state index in [1.165, 1.54) is 6.07 Å². The average molecular weight is 225 g/mol. The quantitative estimate of drug-likeness (QED) is 0.738. The molecule has 0 amide bonds. The van der Waals surface area contributed by atoms with Gasteiger partial charge in [0, 0.05) is 5.56 Å². The summed E-state index contributed by atoms with van der Waals surface area (Å²) >= 11 is 0. The van der Waals surface area contributed by atoms with Crippen LogP contribution in [0.1, 0.15) is 10.4 Å². The largest absolute Gasteiger partial charge is 0.545 e. The molecule has 0 bridgehead atoms. The maximum absolute atomic E-state index is 11.0. The maximum atomic E-state index is 11.0. The van der Waals surface area contributed by atoms with Crippen LogP contribution in [0.5, 0.6) is 5.75 Å². The summed E-state index contributed by atoms with van der Waals surface area (Å²) in [5, 5.41) is 12.7. The van der Waals surface area contributed by atoms with E-state index in [9.17, 15) is 9.90 Å². The van der Waals surface area contributed by atoms with Crippen LogP contribution in [0, 0.1) is 12.3 Å². The molecule has 3 heteroatoms. The first kappa shape index (κ1) is 11.0. The highest BCUT2D eigenvalue weighted by Gasteiger charge is 2.06. The third kappa shape index (κ3) is 2.21. The zero-order valence-corrected chi connectivity index (χ0v) is 8.97. The van der Waals surface area contributed by atoms with E-state index >= 15 is 0 Å². The van der Waals surface area contributed by atoms with E-state index in [1.807, 2.05) is 24.3 Å². The van der Waals surface area contributed by atoms with Crippen molar-refractivity contribution in [2.24, 2.45) is 0 Å². The summed E-state index contributed by atoms with van der Waals surface area (Å²) in [5.41, 5.74) is 0.0129. The lowest BCUT2D eigenvalue weighted by Crippen LogP contribution is -2.23. The van der Waals surface area contributed by atoms with Crippen LogP contribution < -0.4 is 9.84 Å². The number of rotatable bonds is 3. The van der Waals surface area contributed by atoms with E-state index in [4.69, 9.17) is 11.2 Å². The van der Waals surface area contributed by atoms with Crippen LogP contribution in [0.2, 0.25) is 0 Å². The van der Waals surface area contributed by atoms with Gasteiger partial charge in [-0.1, -0.05) is 30.2 Å². The summed E-state index contributed by atoms with van der Waals surface area (Å²) in [6.45, 7) is 0.0264. The summed E-state index contributed by atoms with van der Waals surface area (Å²) in [7, 11) is 0. The minimum absolute atomic E-state index is 0.0129. The van der Waals surface area contributed by atoms with Gasteiger partial charge >= 0.3 is 0 Å². The van der Waals surface area contributed by atoms with Crippen molar-refractivity contribution in [3.05, 3.63) is 42.0 Å². The van der Waals surface area contributed by atoms with Crippen molar-refractivity contribution in [3.8, 4) is 18.1 Å². The molecule has 0 aliphatic rings. The molecule has 0 saturated heterocycles. The smallest absolute Gasteiger partial charge is 0.148 e. The third-order valence-corrected chi connectivity index (χ3v) is 2.38. The van der Waals surface area contributed by atoms with Gasteiger partial charge in [0.05, 0.1) is 5.97 Å². The van der Waals surface area contributed by atoms with Crippen molar-refractivity contribution >= 4 is 16.7 Å². The molecule has 0 fully saturated rings. The lowest BCUT2D eigenvalue weighted by Gasteiger charge is -2.12. The topological polar surface area (TPSA) is 49.4 Å². The Balaban J connectivity index is 2.58. The molecule has 2 aromatic carbocycles. The van der Waals surface area contributed by atoms with Crippen LogP contribution in [0.15, 0.2) is 36.4 Å². The second kappa shape index (κ2) is 4.58. The molecule has 0 atom stereocenters. The first-order chi connectivity index (χ1) is 8.22. The number of fused-ring (bicyclic) bond motifs is 1. The molecular weight excluding hydrogens is 216 g/mol. The highest BCUT2D eigenvalue weighted by atomic mass is 16.5. The van der Waals surface area contributed by atoms with Crippen LogP contribution in [-0.4, -0.2) is 12.6 Å². The number of carboxylic acid groups (broad SMARTS) is 1. The number of carbonyl (C=O) groups excluding carboxylic acids is 1. The van der Waals surface area contributed by atoms with Gasteiger partial charge in [0.2, 0.25) is 0 Å². The molecule has 0 unspecified atom stereocenters. The van der Waals surface area contributed by atoms with Gasteiger partial charge < -0.3 is 14.6 Å². The summed E-state index contributed by atoms with van der Waals surface area (Å²) in [6, 6.07) is 10.6. The Hall–Kier alpha value is -2.47. The average Bonchev–Trinajstić information content (AvgIpc) is 2.35. The number of carbonyl (C=O) groups is 1. The number of hydrogen-bond acceptors (Lipinski definition) is 3. The van der Waals surface area contributed by atoms with Crippen LogP contribution in [0.4, 0.5) is 0 Å². The monoisotopic (exact) mass is 225 g/mol. The highest BCUT2D eigenvalue weighted by molar-refractivity contribution is 5.96. The normalized spacial score (nSPS) is 9.82. The second-order valence-corrected chi connectivity index (χ2v) is 3.48. The minimum atomic E-state index is -1.28. The molecule has 17 heavy (non-hydrogen) atoms. The van der Waals surface area contributed by atoms with Crippen molar-refractivity contribution in [3.63, 3.8) is 0 Å². The van der Waals surface area contributed by atoms with E-state index in [0.29, 0.717) is 0 Å². The molecule has 0 spiro atoms. The Morgan fingerprint density at radius 3 is 2.53 bits per heavy atom. The Labute approximate surface area is 98.6 Å². The Kier molecular flexibility index (Phi) is 2.97. The molecular formula is C14H9O3-. The molecule has 84 valence electrons. The summed E-state index contributed by atoms with van der Waals surface area (Å²) < 4.78 is 5.20. The van der Waals surface area contributed by atoms with Gasteiger partial charge in [-0.3, -0.25) is 0 Å². The number of benzene rings is 2. The number of ether oxygens (including phenoxy) is 1. The first-order valence-electron chi connectivity index (χ1n) is 5.03. The lowest BCUT2D eigenvalue weighted by atomic mass is 10.1. The minimum Gasteiger partial charge on any atom is -0.545 e. The Bertz CT molecular complexity index is 608. The number of terminal acetylenes is 1. The molecule has 0 saturated carbocycles. The number of hydrogen-bond donors (Lipinski definition) is 0. The standard InChI is InChI=1S/C14H10O3/c1-2-7-17-13-9-11-6-4-3-5-10(11)8-12(13)14(15)16/h1,3-6,8-9H,7H2,(H,15,16)/p-1. The molecule has 3 nitrogen and oxygen atoms in total. The van der Waals surface area contributed by atoms with Crippen LogP contribution >= 0.6 is 0 Å². The van der Waals surface area contributed by atoms with Crippen molar-refractivity contribution in [2.45, 2.75) is 0 Å². The van der Waals surface area contributed by atoms with Gasteiger partial charge in [-0.2, -0.15) is 0 Å². The lowest BCUT2D eigenvalue weighted by molar-refractivity contribution is -0.255. The molecule has 0 heterocycles. The van der Waals surface area contributed by atoms with E-state index in [1.54, 1.807) is 6.07 Å². The van der Waals surface area contributed by atoms with E-state index in [0.717, 1.165) is 10.8 Å². The predicted octanol–water partition coefficient (Wildman–Crippen LogP) is 1.22. The zero-order chi connectivity index (χ0) is 12.3. The van der Waals surface area contributed by atoms with Crippen molar-refractivity contribution in [1.29, 1.82) is 0 Å².